The van der Waals surface area contributed by atoms with Crippen LogP contribution in [0.5, 0.6) is 5.75 Å². The first-order valence-corrected chi connectivity index (χ1v) is 14.4. The van der Waals surface area contributed by atoms with Gasteiger partial charge in [0.1, 0.15) is 36.8 Å². The van der Waals surface area contributed by atoms with E-state index >= 15 is 4.39 Å². The van der Waals surface area contributed by atoms with E-state index in [1.54, 1.807) is 60.4 Å². The normalized spacial score (nSPS) is 19.5. The highest BCUT2D eigenvalue weighted by Crippen LogP contribution is 2.37. The average molecular weight is 631 g/mol. The Hall–Kier alpha value is -5.41. The Bertz CT molecular complexity index is 1790. The van der Waals surface area contributed by atoms with Gasteiger partial charge in [-0.2, -0.15) is 4.99 Å². The van der Waals surface area contributed by atoms with Crippen LogP contribution in [0.25, 0.3) is 5.69 Å². The summed E-state index contributed by atoms with van der Waals surface area (Å²) in [5, 5.41) is 28.2. The highest BCUT2D eigenvalue weighted by molar-refractivity contribution is 5.94. The van der Waals surface area contributed by atoms with Gasteiger partial charge in [-0.1, -0.05) is 5.10 Å². The minimum Gasteiger partial charge on any atom is -0.427 e. The summed E-state index contributed by atoms with van der Waals surface area (Å²) >= 11 is 0. The number of aliphatic imine (C=N–C) groups is 1. The summed E-state index contributed by atoms with van der Waals surface area (Å²) < 4.78 is 35.9. The van der Waals surface area contributed by atoms with Gasteiger partial charge in [0.05, 0.1) is 11.7 Å². The van der Waals surface area contributed by atoms with Crippen molar-refractivity contribution in [2.45, 2.75) is 32.0 Å². The lowest BCUT2D eigenvalue weighted by atomic mass is 9.84. The lowest BCUT2D eigenvalue weighted by Gasteiger charge is -2.42. The second-order valence-corrected chi connectivity index (χ2v) is 11.2. The molecule has 236 valence electrons. The number of aromatic nitrogens is 4. The van der Waals surface area contributed by atoms with Crippen LogP contribution in [0.1, 0.15) is 25.0 Å². The number of rotatable bonds is 10. The van der Waals surface area contributed by atoms with Crippen molar-refractivity contribution in [3.8, 4) is 11.4 Å². The summed E-state index contributed by atoms with van der Waals surface area (Å²) in [6, 6.07) is 15.4. The number of hydrogen-bond acceptors (Lipinski definition) is 9. The van der Waals surface area contributed by atoms with E-state index < -0.39 is 35.3 Å². The number of quaternary nitrogens is 1. The van der Waals surface area contributed by atoms with Crippen LogP contribution in [0.2, 0.25) is 0 Å². The van der Waals surface area contributed by atoms with Crippen molar-refractivity contribution in [3.63, 3.8) is 0 Å². The number of amides is 2. The molecule has 1 fully saturated rings. The van der Waals surface area contributed by atoms with Crippen LogP contribution < -0.4 is 9.64 Å². The Labute approximate surface area is 262 Å². The molecule has 1 unspecified atom stereocenters. The van der Waals surface area contributed by atoms with Gasteiger partial charge in [0.2, 0.25) is 6.34 Å². The fourth-order valence-corrected chi connectivity index (χ4v) is 5.86. The van der Waals surface area contributed by atoms with E-state index in [9.17, 15) is 19.1 Å². The zero-order chi connectivity index (χ0) is 32.5. The van der Waals surface area contributed by atoms with Crippen molar-refractivity contribution >= 4 is 30.4 Å². The fraction of sp³-hybridized carbons (Fsp3) is 0.258. The molecule has 0 spiro atoms. The van der Waals surface area contributed by atoms with E-state index in [2.05, 4.69) is 25.6 Å². The number of hydrogen-bond donors (Lipinski definition) is 1. The van der Waals surface area contributed by atoms with Crippen molar-refractivity contribution in [1.82, 2.24) is 25.1 Å². The van der Waals surface area contributed by atoms with Crippen LogP contribution in [0.3, 0.4) is 0 Å². The molecule has 2 aliphatic rings. The number of ether oxygens (including phenoxy) is 1. The highest BCUT2D eigenvalue weighted by atomic mass is 19.1. The van der Waals surface area contributed by atoms with Crippen LogP contribution >= 0.6 is 0 Å². The molecule has 0 bridgehead atoms. The maximum Gasteiger partial charge on any atom is 0.324 e. The van der Waals surface area contributed by atoms with E-state index in [0.717, 1.165) is 11.6 Å². The number of carbonyl (C=O) groups is 2. The van der Waals surface area contributed by atoms with E-state index in [-0.39, 0.29) is 29.8 Å². The van der Waals surface area contributed by atoms with Crippen molar-refractivity contribution in [2.75, 3.05) is 24.5 Å². The van der Waals surface area contributed by atoms with Crippen molar-refractivity contribution in [3.05, 3.63) is 95.8 Å². The Morgan fingerprint density at radius 2 is 1.80 bits per heavy atom. The predicted molar refractivity (Wildman–Crippen MR) is 162 cm³/mol. The number of urea groups is 1. The molecular weight excluding hydrogens is 600 g/mol. The van der Waals surface area contributed by atoms with E-state index in [0.29, 0.717) is 29.7 Å². The second-order valence-electron chi connectivity index (χ2n) is 11.2. The smallest absolute Gasteiger partial charge is 0.324 e. The lowest BCUT2D eigenvalue weighted by Crippen LogP contribution is -2.59. The Morgan fingerprint density at radius 3 is 2.43 bits per heavy atom. The molecule has 0 aliphatic carbocycles. The zero-order valence-corrected chi connectivity index (χ0v) is 24.9. The standard InChI is InChI=1S/C31H30F2N9O4/c1-21(39-13-14-40(30(39)44)25-6-8-26(9-7-25)41-19-35-37-38-41)31(45,28-12-5-24(32)15-29(28)33)17-42(20-34-18-36-42)16-23-3-10-27(11-4-23)46-22(2)43/h3-12,15,18-21,45H,13-14,16-17H2,1-2H3/q+1/t21-,31-,42?/m1/s1. The van der Waals surface area contributed by atoms with Gasteiger partial charge in [-0.3, -0.25) is 9.69 Å². The van der Waals surface area contributed by atoms with Crippen LogP contribution in [-0.4, -0.2) is 85.2 Å². The van der Waals surface area contributed by atoms with Crippen molar-refractivity contribution in [1.29, 1.82) is 0 Å². The van der Waals surface area contributed by atoms with Gasteiger partial charge in [-0.25, -0.2) is 18.3 Å². The molecule has 2 amide bonds. The first-order valence-electron chi connectivity index (χ1n) is 14.4. The number of halogens is 2. The van der Waals surface area contributed by atoms with Gasteiger partial charge in [0, 0.05) is 42.9 Å². The topological polar surface area (TPSA) is 138 Å². The molecule has 0 radical (unpaired) electrons. The van der Waals surface area contributed by atoms with Gasteiger partial charge >= 0.3 is 12.0 Å². The second kappa shape index (κ2) is 12.2. The molecule has 15 heteroatoms. The first kappa shape index (κ1) is 30.6. The molecule has 3 heterocycles. The summed E-state index contributed by atoms with van der Waals surface area (Å²) in [6.45, 7) is 3.42. The molecule has 3 atom stereocenters. The summed E-state index contributed by atoms with van der Waals surface area (Å²) in [7, 11) is 0. The third-order valence-corrected chi connectivity index (χ3v) is 8.16. The Kier molecular flexibility index (Phi) is 8.10. The third kappa shape index (κ3) is 5.97. The quantitative estimate of drug-likeness (QED) is 0.161. The molecular formula is C31H30F2N9O4+. The Morgan fingerprint density at radius 1 is 1.07 bits per heavy atom. The average Bonchev–Trinajstić information content (AvgIpc) is 3.80. The summed E-state index contributed by atoms with van der Waals surface area (Å²) in [5.74, 6) is -1.85. The zero-order valence-electron chi connectivity index (χ0n) is 24.9. The van der Waals surface area contributed by atoms with Crippen LogP contribution in [0.15, 0.2) is 83.2 Å². The number of nitrogens with zero attached hydrogens (tertiary/aromatic N) is 9. The maximum atomic E-state index is 15.5. The van der Waals surface area contributed by atoms with Gasteiger partial charge in [-0.05, 0) is 78.0 Å². The SMILES string of the molecule is CC(=O)Oc1ccc(C[N+]2(C[C@](O)(c3ccc(F)cc3F)[C@@H](C)N3CCN(c4ccc(-n5cnnn5)cc4)C3=O)C=NC=N2)cc1. The molecule has 0 saturated carbocycles. The molecule has 6 rings (SSSR count). The summed E-state index contributed by atoms with van der Waals surface area (Å²) in [5.41, 5.74) is -0.167. The largest absolute Gasteiger partial charge is 0.427 e. The summed E-state index contributed by atoms with van der Waals surface area (Å²) in [4.78, 5) is 32.4. The molecule has 46 heavy (non-hydrogen) atoms. The number of aliphatic hydroxyl groups is 1. The molecule has 2 aliphatic heterocycles. The van der Waals surface area contributed by atoms with E-state index in [1.807, 2.05) is 0 Å². The van der Waals surface area contributed by atoms with Gasteiger partial charge in [-0.15, -0.1) is 9.69 Å². The van der Waals surface area contributed by atoms with Gasteiger partial charge in [0.25, 0.3) is 0 Å². The molecule has 1 saturated heterocycles. The van der Waals surface area contributed by atoms with Crippen LogP contribution in [-0.2, 0) is 16.9 Å². The molecule has 3 aromatic carbocycles. The highest BCUT2D eigenvalue weighted by Gasteiger charge is 2.52. The molecule has 4 aromatic rings. The number of tetrazole rings is 1. The molecule has 1 aromatic heterocycles. The Balaban J connectivity index is 1.30. The van der Waals surface area contributed by atoms with E-state index in [1.165, 1.54) is 41.6 Å². The van der Waals surface area contributed by atoms with E-state index in [4.69, 9.17) is 4.74 Å². The van der Waals surface area contributed by atoms with Crippen LogP contribution in [0, 0.1) is 11.6 Å². The number of benzene rings is 3. The summed E-state index contributed by atoms with van der Waals surface area (Å²) in [6.07, 6.45) is 4.31. The molecule has 13 nitrogen and oxygen atoms in total. The fourth-order valence-electron chi connectivity index (χ4n) is 5.86. The number of carbonyl (C=O) groups excluding carboxylic acids is 2. The molecule has 1 N–H and O–H groups in total. The number of esters is 1. The number of anilines is 1. The minimum absolute atomic E-state index is 0.184. The monoisotopic (exact) mass is 630 g/mol. The van der Waals surface area contributed by atoms with Gasteiger partial charge < -0.3 is 14.7 Å². The maximum absolute atomic E-state index is 15.5. The van der Waals surface area contributed by atoms with Crippen molar-refractivity contribution < 1.29 is 32.8 Å². The van der Waals surface area contributed by atoms with Crippen molar-refractivity contribution in [2.24, 2.45) is 10.1 Å². The third-order valence-electron chi connectivity index (χ3n) is 8.16. The first-order chi connectivity index (χ1) is 22.1. The minimum atomic E-state index is -2.06. The van der Waals surface area contributed by atoms with Crippen LogP contribution in [0.4, 0.5) is 19.3 Å². The van der Waals surface area contributed by atoms with Gasteiger partial charge in [0.15, 0.2) is 11.9 Å². The predicted octanol–water partition coefficient (Wildman–Crippen LogP) is 3.39. The lowest BCUT2D eigenvalue weighted by molar-refractivity contribution is -0.861.